The molecule has 2 N–H and O–H groups in total. The Morgan fingerprint density at radius 1 is 1.37 bits per heavy atom. The van der Waals surface area contributed by atoms with Gasteiger partial charge in [-0.3, -0.25) is 9.59 Å². The molecule has 6 heteroatoms. The Balaban J connectivity index is 1.88. The van der Waals surface area contributed by atoms with Crippen LogP contribution in [0.1, 0.15) is 17.9 Å². The van der Waals surface area contributed by atoms with Crippen LogP contribution in [0.4, 0.5) is 5.69 Å². The number of carbonyl (C=O) groups is 2. The molecule has 0 spiro atoms. The van der Waals surface area contributed by atoms with Gasteiger partial charge in [-0.1, -0.05) is 28.7 Å². The van der Waals surface area contributed by atoms with Crippen molar-refractivity contribution in [3.05, 3.63) is 23.8 Å². The lowest BCUT2D eigenvalue weighted by atomic mass is 9.95. The Bertz CT molecular complexity index is 549. The van der Waals surface area contributed by atoms with E-state index in [0.29, 0.717) is 5.75 Å². The molecule has 2 atom stereocenters. The first-order valence-electron chi connectivity index (χ1n) is 6.10. The smallest absolute Gasteiger partial charge is 0.234 e. The SMILES string of the molecule is O=C1CSc2ccc([C@@H]3CC(CI)NC3=O)cc2N1. The first-order chi connectivity index (χ1) is 9.17. The van der Waals surface area contributed by atoms with Gasteiger partial charge < -0.3 is 10.6 Å². The maximum atomic E-state index is 12.0. The molecule has 0 aromatic heterocycles. The highest BCUT2D eigenvalue weighted by Gasteiger charge is 2.33. The Hall–Kier alpha value is -0.760. The second kappa shape index (κ2) is 5.32. The fourth-order valence-electron chi connectivity index (χ4n) is 2.46. The number of fused-ring (bicyclic) bond motifs is 1. The van der Waals surface area contributed by atoms with Gasteiger partial charge in [0.15, 0.2) is 0 Å². The van der Waals surface area contributed by atoms with Crippen molar-refractivity contribution in [1.82, 2.24) is 5.32 Å². The first kappa shape index (κ1) is 13.2. The van der Waals surface area contributed by atoms with E-state index in [1.165, 1.54) is 0 Å². The molecule has 1 fully saturated rings. The molecule has 2 aliphatic heterocycles. The Labute approximate surface area is 129 Å². The van der Waals surface area contributed by atoms with Gasteiger partial charge in [-0.25, -0.2) is 0 Å². The summed E-state index contributed by atoms with van der Waals surface area (Å²) in [6, 6.07) is 6.21. The lowest BCUT2D eigenvalue weighted by molar-refractivity contribution is -0.120. The number of hydrogen-bond donors (Lipinski definition) is 2. The van der Waals surface area contributed by atoms with E-state index in [4.69, 9.17) is 0 Å². The average Bonchev–Trinajstić information content (AvgIpc) is 2.79. The number of rotatable bonds is 2. The van der Waals surface area contributed by atoms with Crippen molar-refractivity contribution in [1.29, 1.82) is 0 Å². The molecule has 19 heavy (non-hydrogen) atoms. The number of benzene rings is 1. The van der Waals surface area contributed by atoms with Gasteiger partial charge in [-0.15, -0.1) is 11.8 Å². The minimum absolute atomic E-state index is 0.0238. The van der Waals surface area contributed by atoms with E-state index in [0.717, 1.165) is 27.0 Å². The normalized spacial score (nSPS) is 25.7. The lowest BCUT2D eigenvalue weighted by Gasteiger charge is -2.18. The minimum Gasteiger partial charge on any atom is -0.352 e. The third kappa shape index (κ3) is 2.60. The molecular formula is C13H13IN2O2S. The summed E-state index contributed by atoms with van der Waals surface area (Å²) in [6.07, 6.45) is 0.835. The molecule has 1 unspecified atom stereocenters. The van der Waals surface area contributed by atoms with Crippen LogP contribution in [0.5, 0.6) is 0 Å². The molecular weight excluding hydrogens is 375 g/mol. The summed E-state index contributed by atoms with van der Waals surface area (Å²) in [5.41, 5.74) is 1.83. The zero-order chi connectivity index (χ0) is 13.4. The van der Waals surface area contributed by atoms with E-state index >= 15 is 0 Å². The van der Waals surface area contributed by atoms with Crippen molar-refractivity contribution < 1.29 is 9.59 Å². The van der Waals surface area contributed by atoms with Crippen molar-refractivity contribution in [2.24, 2.45) is 0 Å². The molecule has 1 saturated heterocycles. The highest BCUT2D eigenvalue weighted by atomic mass is 127. The number of anilines is 1. The Kier molecular flexibility index (Phi) is 3.70. The van der Waals surface area contributed by atoms with E-state index < -0.39 is 0 Å². The van der Waals surface area contributed by atoms with Crippen LogP contribution in [0.15, 0.2) is 23.1 Å². The predicted octanol–water partition coefficient (Wildman–Crippen LogP) is 2.14. The molecule has 1 aromatic carbocycles. The molecule has 1 aromatic rings. The van der Waals surface area contributed by atoms with Crippen LogP contribution in [0, 0.1) is 0 Å². The van der Waals surface area contributed by atoms with Crippen molar-refractivity contribution in [2.45, 2.75) is 23.3 Å². The van der Waals surface area contributed by atoms with Gasteiger partial charge in [-0.05, 0) is 24.1 Å². The Morgan fingerprint density at radius 2 is 2.21 bits per heavy atom. The molecule has 100 valence electrons. The minimum atomic E-state index is -0.0890. The molecule has 2 amide bonds. The number of carbonyl (C=O) groups excluding carboxylic acids is 2. The van der Waals surface area contributed by atoms with Gasteiger partial charge in [0.25, 0.3) is 0 Å². The standard InChI is InChI=1S/C13H13IN2O2S/c14-5-8-4-9(13(18)15-8)7-1-2-11-10(3-7)16-12(17)6-19-11/h1-3,8-9H,4-6H2,(H,15,18)(H,16,17)/t8?,9-/m0/s1. The molecule has 0 saturated carbocycles. The van der Waals surface area contributed by atoms with Gasteiger partial charge in [0.05, 0.1) is 17.4 Å². The van der Waals surface area contributed by atoms with Crippen LogP contribution in [-0.4, -0.2) is 28.0 Å². The number of thioether (sulfide) groups is 1. The molecule has 0 bridgehead atoms. The summed E-state index contributed by atoms with van der Waals surface area (Å²) in [4.78, 5) is 24.5. The third-order valence-electron chi connectivity index (χ3n) is 3.41. The van der Waals surface area contributed by atoms with Gasteiger partial charge in [0.1, 0.15) is 0 Å². The lowest BCUT2D eigenvalue weighted by Crippen LogP contribution is -2.27. The van der Waals surface area contributed by atoms with E-state index in [-0.39, 0.29) is 23.8 Å². The second-order valence-corrected chi connectivity index (χ2v) is 6.64. The van der Waals surface area contributed by atoms with Crippen molar-refractivity contribution in [3.8, 4) is 0 Å². The van der Waals surface area contributed by atoms with Crippen molar-refractivity contribution in [3.63, 3.8) is 0 Å². The number of alkyl halides is 1. The summed E-state index contributed by atoms with van der Waals surface area (Å²) in [5, 5.41) is 5.87. The molecule has 0 aliphatic carbocycles. The van der Waals surface area contributed by atoms with Gasteiger partial charge in [0.2, 0.25) is 11.8 Å². The summed E-state index contributed by atoms with van der Waals surface area (Å²) in [6.45, 7) is 0. The molecule has 4 nitrogen and oxygen atoms in total. The van der Waals surface area contributed by atoms with Crippen LogP contribution >= 0.6 is 34.4 Å². The molecule has 3 rings (SSSR count). The molecule has 2 heterocycles. The summed E-state index contributed by atoms with van der Waals surface area (Å²) >= 11 is 3.83. The number of halogens is 1. The second-order valence-electron chi connectivity index (χ2n) is 4.74. The molecule has 2 aliphatic rings. The highest BCUT2D eigenvalue weighted by Crippen LogP contribution is 2.36. The molecule has 0 radical (unpaired) electrons. The maximum absolute atomic E-state index is 12.0. The van der Waals surface area contributed by atoms with Crippen molar-refractivity contribution >= 4 is 51.9 Å². The van der Waals surface area contributed by atoms with Crippen LogP contribution in [0.3, 0.4) is 0 Å². The fraction of sp³-hybridized carbons (Fsp3) is 0.385. The number of nitrogens with one attached hydrogen (secondary N) is 2. The average molecular weight is 388 g/mol. The van der Waals surface area contributed by atoms with Gasteiger partial charge in [0, 0.05) is 15.4 Å². The van der Waals surface area contributed by atoms with Crippen molar-refractivity contribution in [2.75, 3.05) is 15.5 Å². The van der Waals surface area contributed by atoms with E-state index in [2.05, 4.69) is 33.2 Å². The topological polar surface area (TPSA) is 58.2 Å². The third-order valence-corrected chi connectivity index (χ3v) is 5.54. The predicted molar refractivity (Wildman–Crippen MR) is 84.0 cm³/mol. The van der Waals surface area contributed by atoms with Crippen LogP contribution < -0.4 is 10.6 Å². The van der Waals surface area contributed by atoms with Crippen LogP contribution in [-0.2, 0) is 9.59 Å². The summed E-state index contributed by atoms with van der Waals surface area (Å²) < 4.78 is 0.928. The maximum Gasteiger partial charge on any atom is 0.234 e. The van der Waals surface area contributed by atoms with Crippen LogP contribution in [0.2, 0.25) is 0 Å². The first-order valence-corrected chi connectivity index (χ1v) is 8.61. The fourth-order valence-corrected chi connectivity index (χ4v) is 3.83. The van der Waals surface area contributed by atoms with Gasteiger partial charge >= 0.3 is 0 Å². The zero-order valence-corrected chi connectivity index (χ0v) is 13.1. The van der Waals surface area contributed by atoms with Gasteiger partial charge in [-0.2, -0.15) is 0 Å². The zero-order valence-electron chi connectivity index (χ0n) is 10.1. The van der Waals surface area contributed by atoms with E-state index in [1.807, 2.05) is 18.2 Å². The summed E-state index contributed by atoms with van der Waals surface area (Å²) in [7, 11) is 0. The number of hydrogen-bond acceptors (Lipinski definition) is 3. The summed E-state index contributed by atoms with van der Waals surface area (Å²) in [5.74, 6) is 0.494. The quantitative estimate of drug-likeness (QED) is 0.603. The largest absolute Gasteiger partial charge is 0.352 e. The Morgan fingerprint density at radius 3 is 2.95 bits per heavy atom. The monoisotopic (exact) mass is 388 g/mol. The number of amides is 2. The van der Waals surface area contributed by atoms with E-state index in [1.54, 1.807) is 11.8 Å². The van der Waals surface area contributed by atoms with E-state index in [9.17, 15) is 9.59 Å². The van der Waals surface area contributed by atoms with Crippen LogP contribution in [0.25, 0.3) is 0 Å². The highest BCUT2D eigenvalue weighted by molar-refractivity contribution is 14.1.